The lowest BCUT2D eigenvalue weighted by atomic mass is 10.3. The number of carbonyl (C=O) groups excluding carboxylic acids is 2. The van der Waals surface area contributed by atoms with Gasteiger partial charge in [0, 0.05) is 19.2 Å². The van der Waals surface area contributed by atoms with Crippen LogP contribution in [0.15, 0.2) is 28.3 Å². The number of nitrogens with zero attached hydrogens (tertiary/aromatic N) is 1. The SMILES string of the molecule is COc1cc(C(=O)Nc2cnccc2NC(C)=O)sc1Br. The molecule has 0 radical (unpaired) electrons. The maximum absolute atomic E-state index is 12.2. The van der Waals surface area contributed by atoms with Crippen LogP contribution in [-0.4, -0.2) is 23.9 Å². The second-order valence-electron chi connectivity index (χ2n) is 4.01. The van der Waals surface area contributed by atoms with Crippen LogP contribution in [0, 0.1) is 0 Å². The van der Waals surface area contributed by atoms with Gasteiger partial charge in [-0.1, -0.05) is 0 Å². The Morgan fingerprint density at radius 2 is 2.10 bits per heavy atom. The summed E-state index contributed by atoms with van der Waals surface area (Å²) in [4.78, 5) is 27.8. The lowest BCUT2D eigenvalue weighted by Gasteiger charge is -2.09. The summed E-state index contributed by atoms with van der Waals surface area (Å²) in [6.07, 6.45) is 3.01. The topological polar surface area (TPSA) is 80.3 Å². The highest BCUT2D eigenvalue weighted by molar-refractivity contribution is 9.11. The highest BCUT2D eigenvalue weighted by atomic mass is 79.9. The number of methoxy groups -OCH3 is 1. The number of rotatable bonds is 4. The molecule has 2 aromatic heterocycles. The average Bonchev–Trinajstić information content (AvgIpc) is 2.81. The summed E-state index contributed by atoms with van der Waals surface area (Å²) >= 11 is 4.58. The van der Waals surface area contributed by atoms with Crippen LogP contribution >= 0.6 is 27.3 Å². The van der Waals surface area contributed by atoms with Crippen molar-refractivity contribution >= 4 is 50.5 Å². The fraction of sp³-hybridized carbons (Fsp3) is 0.154. The van der Waals surface area contributed by atoms with Crippen molar-refractivity contribution in [3.05, 3.63) is 33.2 Å². The molecule has 0 spiro atoms. The minimum Gasteiger partial charge on any atom is -0.495 e. The third-order valence-corrected chi connectivity index (χ3v) is 4.26. The number of anilines is 2. The molecule has 0 aliphatic rings. The van der Waals surface area contributed by atoms with Gasteiger partial charge in [-0.15, -0.1) is 11.3 Å². The van der Waals surface area contributed by atoms with E-state index in [0.717, 1.165) is 3.79 Å². The Morgan fingerprint density at radius 1 is 1.33 bits per heavy atom. The summed E-state index contributed by atoms with van der Waals surface area (Å²) < 4.78 is 5.86. The number of halogens is 1. The highest BCUT2D eigenvalue weighted by Gasteiger charge is 2.15. The van der Waals surface area contributed by atoms with Gasteiger partial charge in [0.15, 0.2) is 0 Å². The molecule has 8 heteroatoms. The normalized spacial score (nSPS) is 10.0. The van der Waals surface area contributed by atoms with Crippen molar-refractivity contribution in [2.45, 2.75) is 6.92 Å². The van der Waals surface area contributed by atoms with Crippen LogP contribution in [0.5, 0.6) is 5.75 Å². The lowest BCUT2D eigenvalue weighted by molar-refractivity contribution is -0.114. The molecule has 2 N–H and O–H groups in total. The Morgan fingerprint density at radius 3 is 2.71 bits per heavy atom. The van der Waals surface area contributed by atoms with Gasteiger partial charge in [-0.3, -0.25) is 14.6 Å². The molecule has 0 aromatic carbocycles. The van der Waals surface area contributed by atoms with Crippen molar-refractivity contribution in [3.8, 4) is 5.75 Å². The van der Waals surface area contributed by atoms with Crippen LogP contribution in [0.4, 0.5) is 11.4 Å². The summed E-state index contributed by atoms with van der Waals surface area (Å²) in [7, 11) is 1.53. The fourth-order valence-corrected chi connectivity index (χ4v) is 3.12. The number of carbonyl (C=O) groups is 2. The van der Waals surface area contributed by atoms with Crippen LogP contribution in [0.1, 0.15) is 16.6 Å². The van der Waals surface area contributed by atoms with Crippen molar-refractivity contribution in [2.24, 2.45) is 0 Å². The zero-order chi connectivity index (χ0) is 15.4. The molecule has 110 valence electrons. The van der Waals surface area contributed by atoms with Gasteiger partial charge in [-0.05, 0) is 22.0 Å². The van der Waals surface area contributed by atoms with Gasteiger partial charge in [0.25, 0.3) is 5.91 Å². The first-order valence-corrected chi connectivity index (χ1v) is 7.48. The van der Waals surface area contributed by atoms with E-state index in [1.54, 1.807) is 12.1 Å². The predicted octanol–water partition coefficient (Wildman–Crippen LogP) is 3.12. The number of hydrogen-bond donors (Lipinski definition) is 2. The van der Waals surface area contributed by atoms with Crippen molar-refractivity contribution in [3.63, 3.8) is 0 Å². The molecule has 0 aliphatic heterocycles. The molecular formula is C13H12BrN3O3S. The molecule has 0 saturated carbocycles. The molecule has 2 amide bonds. The molecule has 0 saturated heterocycles. The molecule has 0 aliphatic carbocycles. The molecule has 0 atom stereocenters. The first kappa shape index (κ1) is 15.5. The molecule has 0 fully saturated rings. The Kier molecular flexibility index (Phi) is 4.92. The van der Waals surface area contributed by atoms with Crippen LogP contribution in [0.25, 0.3) is 0 Å². The van der Waals surface area contributed by atoms with E-state index in [0.29, 0.717) is 22.0 Å². The fourth-order valence-electron chi connectivity index (χ4n) is 1.58. The molecule has 2 rings (SSSR count). The van der Waals surface area contributed by atoms with E-state index in [1.165, 1.54) is 37.8 Å². The molecule has 2 heterocycles. The van der Waals surface area contributed by atoms with Gasteiger partial charge in [0.1, 0.15) is 9.54 Å². The van der Waals surface area contributed by atoms with Crippen LogP contribution < -0.4 is 15.4 Å². The zero-order valence-corrected chi connectivity index (χ0v) is 13.7. The van der Waals surface area contributed by atoms with Gasteiger partial charge < -0.3 is 15.4 Å². The number of pyridine rings is 1. The minimum absolute atomic E-state index is 0.225. The number of aromatic nitrogens is 1. The number of nitrogens with one attached hydrogen (secondary N) is 2. The van der Waals surface area contributed by atoms with Gasteiger partial charge >= 0.3 is 0 Å². The quantitative estimate of drug-likeness (QED) is 0.867. The first-order valence-electron chi connectivity index (χ1n) is 5.87. The third-order valence-electron chi connectivity index (χ3n) is 2.48. The number of hydrogen-bond acceptors (Lipinski definition) is 5. The van der Waals surface area contributed by atoms with E-state index < -0.39 is 0 Å². The van der Waals surface area contributed by atoms with Gasteiger partial charge in [-0.2, -0.15) is 0 Å². The summed E-state index contributed by atoms with van der Waals surface area (Å²) in [6.45, 7) is 1.40. The third kappa shape index (κ3) is 3.79. The van der Waals surface area contributed by atoms with Crippen molar-refractivity contribution in [1.29, 1.82) is 0 Å². The maximum atomic E-state index is 12.2. The van der Waals surface area contributed by atoms with E-state index in [1.807, 2.05) is 0 Å². The molecule has 2 aromatic rings. The average molecular weight is 370 g/mol. The Bertz CT molecular complexity index is 687. The molecule has 6 nitrogen and oxygen atoms in total. The van der Waals surface area contributed by atoms with Crippen molar-refractivity contribution in [1.82, 2.24) is 4.98 Å². The predicted molar refractivity (Wildman–Crippen MR) is 85.1 cm³/mol. The Balaban J connectivity index is 2.21. The molecule has 21 heavy (non-hydrogen) atoms. The van der Waals surface area contributed by atoms with E-state index >= 15 is 0 Å². The van der Waals surface area contributed by atoms with Crippen LogP contribution in [0.2, 0.25) is 0 Å². The van der Waals surface area contributed by atoms with Gasteiger partial charge in [0.05, 0.1) is 29.6 Å². The molecular weight excluding hydrogens is 358 g/mol. The Labute approximate surface area is 133 Å². The first-order chi connectivity index (χ1) is 10.0. The smallest absolute Gasteiger partial charge is 0.266 e. The van der Waals surface area contributed by atoms with Crippen LogP contribution in [-0.2, 0) is 4.79 Å². The highest BCUT2D eigenvalue weighted by Crippen LogP contribution is 2.34. The second-order valence-corrected chi connectivity index (χ2v) is 6.38. The van der Waals surface area contributed by atoms with Crippen molar-refractivity contribution < 1.29 is 14.3 Å². The van der Waals surface area contributed by atoms with E-state index in [4.69, 9.17) is 4.74 Å². The molecule has 0 bridgehead atoms. The van der Waals surface area contributed by atoms with E-state index in [-0.39, 0.29) is 11.8 Å². The molecule has 0 unspecified atom stereocenters. The van der Waals surface area contributed by atoms with Gasteiger partial charge in [0.2, 0.25) is 5.91 Å². The van der Waals surface area contributed by atoms with E-state index in [9.17, 15) is 9.59 Å². The summed E-state index contributed by atoms with van der Waals surface area (Å²) in [5.74, 6) is 0.0688. The van der Waals surface area contributed by atoms with Gasteiger partial charge in [-0.25, -0.2) is 0 Å². The van der Waals surface area contributed by atoms with Crippen LogP contribution in [0.3, 0.4) is 0 Å². The number of thiophene rings is 1. The maximum Gasteiger partial charge on any atom is 0.266 e. The zero-order valence-electron chi connectivity index (χ0n) is 11.3. The lowest BCUT2D eigenvalue weighted by Crippen LogP contribution is -2.14. The standard InChI is InChI=1S/C13H12BrN3O3S/c1-7(18)16-8-3-4-15-6-9(8)17-13(19)11-5-10(20-2)12(14)21-11/h3-6H,1-2H3,(H,17,19)(H,15,16,18). The van der Waals surface area contributed by atoms with E-state index in [2.05, 4.69) is 31.5 Å². The summed E-state index contributed by atoms with van der Waals surface area (Å²) in [5.41, 5.74) is 0.926. The van der Waals surface area contributed by atoms with Crippen molar-refractivity contribution in [2.75, 3.05) is 17.7 Å². The Hall–Kier alpha value is -1.93. The largest absolute Gasteiger partial charge is 0.495 e. The summed E-state index contributed by atoms with van der Waals surface area (Å²) in [6, 6.07) is 3.25. The monoisotopic (exact) mass is 369 g/mol. The number of amides is 2. The number of ether oxygens (including phenoxy) is 1. The minimum atomic E-state index is -0.302. The summed E-state index contributed by atoms with van der Waals surface area (Å²) in [5, 5.41) is 5.35. The second kappa shape index (κ2) is 6.68.